The van der Waals surface area contributed by atoms with Crippen LogP contribution in [0.4, 0.5) is 23.1 Å². The second-order valence-electron chi connectivity index (χ2n) is 6.24. The minimum absolute atomic E-state index is 0.168. The average molecular weight is 373 g/mol. The van der Waals surface area contributed by atoms with Crippen molar-refractivity contribution in [3.63, 3.8) is 0 Å². The molecule has 1 aromatic carbocycles. The summed E-state index contributed by atoms with van der Waals surface area (Å²) in [6.45, 7) is 1.90. The van der Waals surface area contributed by atoms with E-state index in [0.717, 1.165) is 22.3 Å². The molecule has 0 saturated carbocycles. The second kappa shape index (κ2) is 7.36. The van der Waals surface area contributed by atoms with Crippen LogP contribution in [0.3, 0.4) is 0 Å². The molecular weight excluding hydrogens is 354 g/mol. The molecule has 4 aromatic rings. The zero-order valence-electron chi connectivity index (χ0n) is 15.4. The fourth-order valence-corrected chi connectivity index (χ4v) is 2.82. The van der Waals surface area contributed by atoms with Crippen LogP contribution in [-0.4, -0.2) is 32.9 Å². The van der Waals surface area contributed by atoms with E-state index in [9.17, 15) is 4.79 Å². The summed E-state index contributed by atoms with van der Waals surface area (Å²) in [7, 11) is 1.60. The maximum absolute atomic E-state index is 12.1. The fraction of sp³-hybridized carbons (Fsp3) is 0.100. The number of nitrogens with zero attached hydrogens (tertiary/aromatic N) is 3. The maximum atomic E-state index is 12.1. The Kier molecular flexibility index (Phi) is 4.59. The van der Waals surface area contributed by atoms with Crippen LogP contribution >= 0.6 is 0 Å². The van der Waals surface area contributed by atoms with Crippen molar-refractivity contribution >= 4 is 40.1 Å². The molecule has 0 spiro atoms. The molecule has 0 bridgehead atoms. The fourth-order valence-electron chi connectivity index (χ4n) is 2.82. The first-order valence-corrected chi connectivity index (χ1v) is 8.76. The lowest BCUT2D eigenvalue weighted by Crippen LogP contribution is -2.19. The molecule has 0 fully saturated rings. The molecule has 0 aliphatic carbocycles. The third-order valence-electron chi connectivity index (χ3n) is 4.28. The van der Waals surface area contributed by atoms with Crippen LogP contribution in [0.1, 0.15) is 15.9 Å². The monoisotopic (exact) mass is 373 g/mol. The molecule has 3 heterocycles. The Morgan fingerprint density at radius 2 is 1.93 bits per heavy atom. The van der Waals surface area contributed by atoms with E-state index in [1.807, 2.05) is 43.5 Å². The van der Waals surface area contributed by atoms with Gasteiger partial charge in [0.25, 0.3) is 5.91 Å². The molecule has 1 amide bonds. The number of benzene rings is 1. The zero-order valence-corrected chi connectivity index (χ0v) is 15.4. The van der Waals surface area contributed by atoms with Crippen molar-refractivity contribution in [1.82, 2.24) is 25.3 Å². The summed E-state index contributed by atoms with van der Waals surface area (Å²) < 4.78 is 0. The number of pyridine rings is 1. The number of H-pyrrole nitrogens is 1. The number of aromatic amines is 1. The number of aromatic nitrogens is 4. The van der Waals surface area contributed by atoms with E-state index < -0.39 is 0 Å². The maximum Gasteiger partial charge on any atom is 0.253 e. The van der Waals surface area contributed by atoms with Crippen LogP contribution in [0.25, 0.3) is 11.0 Å². The number of amides is 1. The van der Waals surface area contributed by atoms with E-state index in [1.165, 1.54) is 0 Å². The van der Waals surface area contributed by atoms with Gasteiger partial charge < -0.3 is 20.9 Å². The molecule has 4 N–H and O–H groups in total. The van der Waals surface area contributed by atoms with Crippen LogP contribution in [-0.2, 0) is 0 Å². The highest BCUT2D eigenvalue weighted by molar-refractivity contribution is 6.00. The highest BCUT2D eigenvalue weighted by Crippen LogP contribution is 2.24. The summed E-state index contributed by atoms with van der Waals surface area (Å²) in [5.74, 6) is 0.880. The lowest BCUT2D eigenvalue weighted by Gasteiger charge is -2.13. The van der Waals surface area contributed by atoms with Crippen molar-refractivity contribution in [2.24, 2.45) is 0 Å². The van der Waals surface area contributed by atoms with Crippen molar-refractivity contribution in [2.45, 2.75) is 6.92 Å². The Labute approximate surface area is 161 Å². The molecule has 3 aromatic heterocycles. The predicted octanol–water partition coefficient (Wildman–Crippen LogP) is 3.51. The molecule has 0 atom stereocenters. The predicted molar refractivity (Wildman–Crippen MR) is 109 cm³/mol. The number of anilines is 4. The van der Waals surface area contributed by atoms with Gasteiger partial charge >= 0.3 is 0 Å². The topological polar surface area (TPSA) is 108 Å². The van der Waals surface area contributed by atoms with Crippen LogP contribution in [0, 0.1) is 6.92 Å². The first-order chi connectivity index (χ1) is 13.6. The van der Waals surface area contributed by atoms with Gasteiger partial charge in [0, 0.05) is 30.4 Å². The van der Waals surface area contributed by atoms with E-state index in [1.54, 1.807) is 25.5 Å². The van der Waals surface area contributed by atoms with Gasteiger partial charge in [0.05, 0.1) is 23.1 Å². The number of hydrogen-bond acceptors (Lipinski definition) is 6. The second-order valence-corrected chi connectivity index (χ2v) is 6.24. The van der Waals surface area contributed by atoms with Crippen LogP contribution in [0.15, 0.2) is 55.0 Å². The van der Waals surface area contributed by atoms with E-state index in [0.29, 0.717) is 23.0 Å². The van der Waals surface area contributed by atoms with Crippen molar-refractivity contribution in [2.75, 3.05) is 17.7 Å². The standard InChI is InChI=1S/C20H19N7O/c1-12-10-24-20(25-14-9-13-7-8-22-18(13)23-11-14)27-17(12)26-16-6-4-3-5-15(16)19(28)21-2/h3-11H,1-2H3,(H,21,28)(H,22,23)(H2,24,25,26,27). The lowest BCUT2D eigenvalue weighted by atomic mass is 10.1. The van der Waals surface area contributed by atoms with Gasteiger partial charge in [0.1, 0.15) is 11.5 Å². The Hall–Kier alpha value is -3.94. The molecule has 8 heteroatoms. The van der Waals surface area contributed by atoms with E-state index in [-0.39, 0.29) is 5.91 Å². The largest absolute Gasteiger partial charge is 0.355 e. The number of hydrogen-bond donors (Lipinski definition) is 4. The number of nitrogens with one attached hydrogen (secondary N) is 4. The summed E-state index contributed by atoms with van der Waals surface area (Å²) in [6.07, 6.45) is 5.29. The van der Waals surface area contributed by atoms with Crippen LogP contribution in [0.5, 0.6) is 0 Å². The SMILES string of the molecule is CNC(=O)c1ccccc1Nc1nc(Nc2cnc3[nH]ccc3c2)ncc1C. The average Bonchev–Trinajstić information content (AvgIpc) is 3.18. The quantitative estimate of drug-likeness (QED) is 0.426. The highest BCUT2D eigenvalue weighted by Gasteiger charge is 2.12. The summed E-state index contributed by atoms with van der Waals surface area (Å²) >= 11 is 0. The molecule has 8 nitrogen and oxygen atoms in total. The van der Waals surface area contributed by atoms with Gasteiger partial charge in [-0.1, -0.05) is 12.1 Å². The molecule has 0 unspecified atom stereocenters. The van der Waals surface area contributed by atoms with Crippen molar-refractivity contribution in [3.05, 3.63) is 66.1 Å². The first kappa shape index (κ1) is 17.5. The van der Waals surface area contributed by atoms with E-state index in [2.05, 4.69) is 35.9 Å². The lowest BCUT2D eigenvalue weighted by molar-refractivity contribution is 0.0964. The Morgan fingerprint density at radius 1 is 1.07 bits per heavy atom. The molecule has 4 rings (SSSR count). The highest BCUT2D eigenvalue weighted by atomic mass is 16.1. The van der Waals surface area contributed by atoms with Gasteiger partial charge in [-0.3, -0.25) is 4.79 Å². The minimum Gasteiger partial charge on any atom is -0.355 e. The van der Waals surface area contributed by atoms with Crippen LogP contribution in [0.2, 0.25) is 0 Å². The smallest absolute Gasteiger partial charge is 0.253 e. The number of carbonyl (C=O) groups excluding carboxylic acids is 1. The number of para-hydroxylation sites is 1. The van der Waals surface area contributed by atoms with Gasteiger partial charge in [-0.05, 0) is 31.2 Å². The zero-order chi connectivity index (χ0) is 19.5. The Morgan fingerprint density at radius 3 is 2.79 bits per heavy atom. The third kappa shape index (κ3) is 3.48. The Bertz CT molecular complexity index is 1150. The number of carbonyl (C=O) groups is 1. The van der Waals surface area contributed by atoms with Crippen LogP contribution < -0.4 is 16.0 Å². The number of fused-ring (bicyclic) bond motifs is 1. The summed E-state index contributed by atoms with van der Waals surface area (Å²) in [6, 6.07) is 11.2. The Balaban J connectivity index is 1.62. The van der Waals surface area contributed by atoms with Gasteiger partial charge in [-0.15, -0.1) is 0 Å². The molecule has 140 valence electrons. The molecule has 0 saturated heterocycles. The van der Waals surface area contributed by atoms with Crippen molar-refractivity contribution in [3.8, 4) is 0 Å². The van der Waals surface area contributed by atoms with Gasteiger partial charge in [0.2, 0.25) is 5.95 Å². The molecule has 0 aliphatic heterocycles. The third-order valence-corrected chi connectivity index (χ3v) is 4.28. The first-order valence-electron chi connectivity index (χ1n) is 8.76. The minimum atomic E-state index is -0.168. The van der Waals surface area contributed by atoms with Crippen molar-refractivity contribution < 1.29 is 4.79 Å². The molecule has 28 heavy (non-hydrogen) atoms. The normalized spacial score (nSPS) is 10.6. The van der Waals surface area contributed by atoms with Gasteiger partial charge in [0.15, 0.2) is 0 Å². The molecular formula is C20H19N7O. The summed E-state index contributed by atoms with van der Waals surface area (Å²) in [4.78, 5) is 28.4. The van der Waals surface area contributed by atoms with Gasteiger partial charge in [-0.2, -0.15) is 4.98 Å². The van der Waals surface area contributed by atoms with Crippen molar-refractivity contribution in [1.29, 1.82) is 0 Å². The van der Waals surface area contributed by atoms with E-state index in [4.69, 9.17) is 0 Å². The molecule has 0 radical (unpaired) electrons. The molecule has 0 aliphatic rings. The summed E-state index contributed by atoms with van der Waals surface area (Å²) in [5, 5.41) is 10.0. The number of rotatable bonds is 5. The van der Waals surface area contributed by atoms with Gasteiger partial charge in [-0.25, -0.2) is 9.97 Å². The summed E-state index contributed by atoms with van der Waals surface area (Å²) in [5.41, 5.74) is 3.68. The number of aryl methyl sites for hydroxylation is 1. The van der Waals surface area contributed by atoms with E-state index >= 15 is 0 Å².